The Labute approximate surface area is 115 Å². The maximum absolute atomic E-state index is 11.8. The minimum atomic E-state index is -3.18. The molecular weight excluding hydrogens is 260 g/mol. The molecule has 106 valence electrons. The van der Waals surface area contributed by atoms with Crippen molar-refractivity contribution in [3.8, 4) is 0 Å². The van der Waals surface area contributed by atoms with Gasteiger partial charge < -0.3 is 10.2 Å². The molecule has 0 saturated carbocycles. The van der Waals surface area contributed by atoms with Crippen LogP contribution in [0.15, 0.2) is 29.2 Å². The highest BCUT2D eigenvalue weighted by Crippen LogP contribution is 2.23. The lowest BCUT2D eigenvalue weighted by molar-refractivity contribution is 0.226. The Bertz CT molecular complexity index is 528. The van der Waals surface area contributed by atoms with E-state index in [0.717, 1.165) is 38.2 Å². The minimum absolute atomic E-state index is 0.330. The van der Waals surface area contributed by atoms with E-state index < -0.39 is 9.84 Å². The molecule has 1 aromatic carbocycles. The predicted molar refractivity (Wildman–Crippen MR) is 78.3 cm³/mol. The fourth-order valence-corrected chi connectivity index (χ4v) is 3.44. The normalized spacial score (nSPS) is 21.3. The molecule has 1 fully saturated rings. The average molecular weight is 282 g/mol. The lowest BCUT2D eigenvalue weighted by Gasteiger charge is -2.33. The Balaban J connectivity index is 2.15. The predicted octanol–water partition coefficient (Wildman–Crippen LogP) is 1.99. The lowest BCUT2D eigenvalue weighted by atomic mass is 10.1. The standard InChI is InChI=1S/C14H22N2O2S/c1-3-16-10-6-7-12(11-16)15-13-8-4-5-9-14(13)19(2,17)18/h4-5,8-9,12,15H,3,6-7,10-11H2,1-2H3. The summed E-state index contributed by atoms with van der Waals surface area (Å²) in [5.74, 6) is 0. The Morgan fingerprint density at radius 1 is 1.37 bits per heavy atom. The van der Waals surface area contributed by atoms with Gasteiger partial charge in [-0.05, 0) is 38.1 Å². The third-order valence-electron chi connectivity index (χ3n) is 3.60. The molecule has 0 amide bonds. The number of anilines is 1. The van der Waals surface area contributed by atoms with E-state index in [1.807, 2.05) is 12.1 Å². The number of rotatable bonds is 4. The first-order valence-electron chi connectivity index (χ1n) is 6.78. The van der Waals surface area contributed by atoms with Crippen molar-refractivity contribution in [2.75, 3.05) is 31.2 Å². The average Bonchev–Trinajstić information content (AvgIpc) is 2.38. The van der Waals surface area contributed by atoms with Gasteiger partial charge in [-0.1, -0.05) is 19.1 Å². The Hall–Kier alpha value is -1.07. The van der Waals surface area contributed by atoms with Gasteiger partial charge in [0.2, 0.25) is 0 Å². The summed E-state index contributed by atoms with van der Waals surface area (Å²) in [6.45, 7) is 5.33. The third-order valence-corrected chi connectivity index (χ3v) is 4.75. The topological polar surface area (TPSA) is 49.4 Å². The van der Waals surface area contributed by atoms with E-state index in [4.69, 9.17) is 0 Å². The van der Waals surface area contributed by atoms with Crippen LogP contribution in [0.1, 0.15) is 19.8 Å². The molecule has 0 spiro atoms. The van der Waals surface area contributed by atoms with Crippen LogP contribution < -0.4 is 5.32 Å². The number of nitrogens with zero attached hydrogens (tertiary/aromatic N) is 1. The molecule has 1 N–H and O–H groups in total. The molecule has 1 aliphatic heterocycles. The van der Waals surface area contributed by atoms with Crippen LogP contribution in [0.4, 0.5) is 5.69 Å². The number of likely N-dealkylation sites (tertiary alicyclic amines) is 1. The second kappa shape index (κ2) is 5.92. The monoisotopic (exact) mass is 282 g/mol. The molecule has 0 aromatic heterocycles. The maximum atomic E-state index is 11.8. The van der Waals surface area contributed by atoms with Crippen LogP contribution in [0.25, 0.3) is 0 Å². The van der Waals surface area contributed by atoms with Crippen LogP contribution in [-0.2, 0) is 9.84 Å². The van der Waals surface area contributed by atoms with Gasteiger partial charge in [0.1, 0.15) is 0 Å². The number of para-hydroxylation sites is 1. The summed E-state index contributed by atoms with van der Waals surface area (Å²) in [4.78, 5) is 2.79. The molecule has 1 heterocycles. The zero-order chi connectivity index (χ0) is 13.9. The van der Waals surface area contributed by atoms with Crippen LogP contribution in [0, 0.1) is 0 Å². The zero-order valence-electron chi connectivity index (χ0n) is 11.6. The molecule has 1 aliphatic rings. The van der Waals surface area contributed by atoms with Crippen molar-refractivity contribution in [3.63, 3.8) is 0 Å². The smallest absolute Gasteiger partial charge is 0.177 e. The van der Waals surface area contributed by atoms with E-state index in [-0.39, 0.29) is 0 Å². The van der Waals surface area contributed by atoms with Gasteiger partial charge in [-0.15, -0.1) is 0 Å². The van der Waals surface area contributed by atoms with E-state index in [9.17, 15) is 8.42 Å². The number of sulfone groups is 1. The van der Waals surface area contributed by atoms with E-state index in [1.165, 1.54) is 6.26 Å². The molecule has 5 heteroatoms. The molecule has 19 heavy (non-hydrogen) atoms. The summed E-state index contributed by atoms with van der Waals surface area (Å²) >= 11 is 0. The zero-order valence-corrected chi connectivity index (χ0v) is 12.4. The fourth-order valence-electron chi connectivity index (χ4n) is 2.59. The number of likely N-dealkylation sites (N-methyl/N-ethyl adjacent to an activating group) is 1. The van der Waals surface area contributed by atoms with E-state index >= 15 is 0 Å². The number of hydrogen-bond acceptors (Lipinski definition) is 4. The molecule has 1 unspecified atom stereocenters. The summed E-state index contributed by atoms with van der Waals surface area (Å²) in [7, 11) is -3.18. The van der Waals surface area contributed by atoms with Crippen molar-refractivity contribution >= 4 is 15.5 Å². The van der Waals surface area contributed by atoms with Gasteiger partial charge in [0.15, 0.2) is 9.84 Å². The van der Waals surface area contributed by atoms with Crippen LogP contribution in [0.2, 0.25) is 0 Å². The number of hydrogen-bond donors (Lipinski definition) is 1. The first kappa shape index (κ1) is 14.3. The number of benzene rings is 1. The van der Waals surface area contributed by atoms with E-state index in [0.29, 0.717) is 10.9 Å². The van der Waals surface area contributed by atoms with Gasteiger partial charge in [0.25, 0.3) is 0 Å². The highest BCUT2D eigenvalue weighted by atomic mass is 32.2. The number of nitrogens with one attached hydrogen (secondary N) is 1. The Kier molecular flexibility index (Phi) is 4.47. The van der Waals surface area contributed by atoms with Crippen molar-refractivity contribution in [2.45, 2.75) is 30.7 Å². The molecule has 0 radical (unpaired) electrons. The highest BCUT2D eigenvalue weighted by Gasteiger charge is 2.20. The van der Waals surface area contributed by atoms with E-state index in [2.05, 4.69) is 17.1 Å². The summed E-state index contributed by atoms with van der Waals surface area (Å²) in [5.41, 5.74) is 0.730. The Morgan fingerprint density at radius 2 is 2.11 bits per heavy atom. The lowest BCUT2D eigenvalue weighted by Crippen LogP contribution is -2.42. The van der Waals surface area contributed by atoms with Crippen molar-refractivity contribution in [2.24, 2.45) is 0 Å². The second-order valence-electron chi connectivity index (χ2n) is 5.15. The maximum Gasteiger partial charge on any atom is 0.177 e. The highest BCUT2D eigenvalue weighted by molar-refractivity contribution is 7.90. The fraction of sp³-hybridized carbons (Fsp3) is 0.571. The summed E-state index contributed by atoms with van der Waals surface area (Å²) in [5, 5.41) is 3.40. The molecule has 4 nitrogen and oxygen atoms in total. The molecule has 0 aliphatic carbocycles. The van der Waals surface area contributed by atoms with Crippen LogP contribution >= 0.6 is 0 Å². The molecule has 2 rings (SSSR count). The molecule has 0 bridgehead atoms. The van der Waals surface area contributed by atoms with Crippen molar-refractivity contribution < 1.29 is 8.42 Å². The van der Waals surface area contributed by atoms with Crippen LogP contribution in [-0.4, -0.2) is 45.2 Å². The van der Waals surface area contributed by atoms with E-state index in [1.54, 1.807) is 12.1 Å². The molecule has 1 saturated heterocycles. The van der Waals surface area contributed by atoms with Gasteiger partial charge >= 0.3 is 0 Å². The van der Waals surface area contributed by atoms with Gasteiger partial charge in [0.05, 0.1) is 10.6 Å². The van der Waals surface area contributed by atoms with Crippen molar-refractivity contribution in [1.82, 2.24) is 4.90 Å². The summed E-state index contributed by atoms with van der Waals surface area (Å²) in [6.07, 6.45) is 3.51. The van der Waals surface area contributed by atoms with Crippen molar-refractivity contribution in [1.29, 1.82) is 0 Å². The molecule has 1 aromatic rings. The second-order valence-corrected chi connectivity index (χ2v) is 7.13. The van der Waals surface area contributed by atoms with Crippen LogP contribution in [0.5, 0.6) is 0 Å². The third kappa shape index (κ3) is 3.70. The summed E-state index contributed by atoms with van der Waals surface area (Å²) in [6, 6.07) is 7.48. The quantitative estimate of drug-likeness (QED) is 0.917. The van der Waals surface area contributed by atoms with Gasteiger partial charge in [0, 0.05) is 18.8 Å². The largest absolute Gasteiger partial charge is 0.380 e. The van der Waals surface area contributed by atoms with Gasteiger partial charge in [-0.3, -0.25) is 0 Å². The van der Waals surface area contributed by atoms with Gasteiger partial charge in [-0.25, -0.2) is 8.42 Å². The minimum Gasteiger partial charge on any atom is -0.380 e. The summed E-state index contributed by atoms with van der Waals surface area (Å²) < 4.78 is 23.5. The van der Waals surface area contributed by atoms with Gasteiger partial charge in [-0.2, -0.15) is 0 Å². The molecule has 1 atom stereocenters. The van der Waals surface area contributed by atoms with Crippen molar-refractivity contribution in [3.05, 3.63) is 24.3 Å². The Morgan fingerprint density at radius 3 is 2.79 bits per heavy atom. The molecular formula is C14H22N2O2S. The first-order chi connectivity index (χ1) is 9.00. The van der Waals surface area contributed by atoms with Crippen LogP contribution in [0.3, 0.4) is 0 Å². The first-order valence-corrected chi connectivity index (χ1v) is 8.68. The SMILES string of the molecule is CCN1CCCC(Nc2ccccc2S(C)(=O)=O)C1. The number of piperidine rings is 1.